The quantitative estimate of drug-likeness (QED) is 0.656. The van der Waals surface area contributed by atoms with Gasteiger partial charge >= 0.3 is 5.69 Å². The Morgan fingerprint density at radius 3 is 2.68 bits per heavy atom. The Morgan fingerprint density at radius 1 is 1.39 bits per heavy atom. The number of carbonyl (C=O) groups excluding carboxylic acids is 1. The van der Waals surface area contributed by atoms with Gasteiger partial charge in [-0.1, -0.05) is 6.92 Å². The Balaban J connectivity index is 1.98. The zero-order chi connectivity index (χ0) is 20.6. The van der Waals surface area contributed by atoms with Crippen molar-refractivity contribution in [3.05, 3.63) is 32.1 Å². The first-order valence-electron chi connectivity index (χ1n) is 9.48. The van der Waals surface area contributed by atoms with Crippen LogP contribution < -0.4 is 11.2 Å². The molecule has 9 nitrogen and oxygen atoms in total. The van der Waals surface area contributed by atoms with Crippen LogP contribution in [0.2, 0.25) is 0 Å². The van der Waals surface area contributed by atoms with Gasteiger partial charge in [-0.25, -0.2) is 17.8 Å². The third kappa shape index (κ3) is 3.51. The lowest BCUT2D eigenvalue weighted by atomic mass is 10.1. The third-order valence-electron chi connectivity index (χ3n) is 5.69. The van der Waals surface area contributed by atoms with Crippen molar-refractivity contribution in [1.82, 2.24) is 14.0 Å². The minimum Gasteiger partial charge on any atom is -0.334 e. The van der Waals surface area contributed by atoms with E-state index in [1.165, 1.54) is 9.47 Å². The highest BCUT2D eigenvalue weighted by molar-refractivity contribution is 7.91. The summed E-state index contributed by atoms with van der Waals surface area (Å²) in [7, 11) is -3.19. The van der Waals surface area contributed by atoms with E-state index < -0.39 is 39.6 Å². The number of hydrogen-bond donors (Lipinski definition) is 0. The van der Waals surface area contributed by atoms with E-state index in [9.17, 15) is 28.1 Å². The van der Waals surface area contributed by atoms with Crippen LogP contribution in [0, 0.1) is 11.3 Å². The zero-order valence-corrected chi connectivity index (χ0v) is 16.9. The molecule has 1 aromatic heterocycles. The molecule has 0 aliphatic carbocycles. The molecule has 3 rings (SSSR count). The Labute approximate surface area is 163 Å². The Morgan fingerprint density at radius 2 is 2.11 bits per heavy atom. The van der Waals surface area contributed by atoms with Gasteiger partial charge in [0.15, 0.2) is 9.84 Å². The van der Waals surface area contributed by atoms with Crippen LogP contribution in [0.3, 0.4) is 0 Å². The molecule has 2 aliphatic heterocycles. The third-order valence-corrected chi connectivity index (χ3v) is 7.44. The summed E-state index contributed by atoms with van der Waals surface area (Å²) in [5.74, 6) is -0.555. The van der Waals surface area contributed by atoms with Gasteiger partial charge in [-0.05, 0) is 32.6 Å². The minimum absolute atomic E-state index is 0.0257. The standard InChI is InChI=1S/C18H24N4O5S/c1-3-12(2)22(13-6-8-28(26,27)11-13)16(23)10-21-17(24)14(9-19)15-5-4-7-20(15)18(21)25/h12-13H,3-8,10-11H2,1-2H3/t12-,13-/m1/s1. The second-order valence-corrected chi connectivity index (χ2v) is 9.71. The van der Waals surface area contributed by atoms with Crippen LogP contribution in [-0.2, 0) is 34.1 Å². The fourth-order valence-electron chi connectivity index (χ4n) is 4.11. The van der Waals surface area contributed by atoms with Crippen LogP contribution >= 0.6 is 0 Å². The normalized spacial score (nSPS) is 21.1. The van der Waals surface area contributed by atoms with Crippen molar-refractivity contribution < 1.29 is 13.2 Å². The molecule has 0 N–H and O–H groups in total. The number of nitrogens with zero attached hydrogens (tertiary/aromatic N) is 4. The summed E-state index contributed by atoms with van der Waals surface area (Å²) in [5, 5.41) is 9.36. The topological polar surface area (TPSA) is 122 Å². The van der Waals surface area contributed by atoms with Gasteiger partial charge in [-0.2, -0.15) is 5.26 Å². The molecule has 1 fully saturated rings. The number of hydrogen-bond acceptors (Lipinski definition) is 6. The maximum absolute atomic E-state index is 13.1. The first-order valence-corrected chi connectivity index (χ1v) is 11.3. The van der Waals surface area contributed by atoms with Crippen LogP contribution in [0.15, 0.2) is 9.59 Å². The SMILES string of the molecule is CC[C@@H](C)N(C(=O)Cn1c(=O)c(C#N)c2n(c1=O)CCC2)[C@@H]1CCS(=O)(=O)C1. The van der Waals surface area contributed by atoms with Gasteiger partial charge in [0.25, 0.3) is 5.56 Å². The number of carbonyl (C=O) groups is 1. The molecule has 0 saturated carbocycles. The predicted octanol–water partition coefficient (Wildman–Crippen LogP) is -0.358. The molecule has 2 aliphatic rings. The zero-order valence-electron chi connectivity index (χ0n) is 16.0. The van der Waals surface area contributed by atoms with Crippen LogP contribution in [0.4, 0.5) is 0 Å². The maximum Gasteiger partial charge on any atom is 0.331 e. The van der Waals surface area contributed by atoms with Crippen molar-refractivity contribution in [3.8, 4) is 6.07 Å². The van der Waals surface area contributed by atoms with E-state index in [1.54, 1.807) is 0 Å². The average molecular weight is 408 g/mol. The van der Waals surface area contributed by atoms with E-state index in [2.05, 4.69) is 0 Å². The molecule has 0 aromatic carbocycles. The molecule has 0 radical (unpaired) electrons. The van der Waals surface area contributed by atoms with E-state index in [0.717, 1.165) is 4.57 Å². The van der Waals surface area contributed by atoms with E-state index in [-0.39, 0.29) is 23.1 Å². The number of fused-ring (bicyclic) bond motifs is 1. The predicted molar refractivity (Wildman–Crippen MR) is 102 cm³/mol. The number of sulfone groups is 1. The molecule has 0 spiro atoms. The van der Waals surface area contributed by atoms with E-state index in [1.807, 2.05) is 19.9 Å². The summed E-state index contributed by atoms with van der Waals surface area (Å²) in [6.07, 6.45) is 2.12. The molecular formula is C18H24N4O5S. The smallest absolute Gasteiger partial charge is 0.331 e. The number of aromatic nitrogens is 2. The van der Waals surface area contributed by atoms with Crippen LogP contribution in [0.5, 0.6) is 0 Å². The molecule has 10 heteroatoms. The Hall–Kier alpha value is -2.41. The van der Waals surface area contributed by atoms with Gasteiger partial charge in [0.1, 0.15) is 18.2 Å². The molecule has 1 aromatic rings. The fourth-order valence-corrected chi connectivity index (χ4v) is 5.82. The first-order chi connectivity index (χ1) is 13.2. The van der Waals surface area contributed by atoms with Crippen molar-refractivity contribution in [3.63, 3.8) is 0 Å². The van der Waals surface area contributed by atoms with Crippen LogP contribution in [0.25, 0.3) is 0 Å². The highest BCUT2D eigenvalue weighted by Gasteiger charge is 2.37. The number of nitriles is 1. The highest BCUT2D eigenvalue weighted by atomic mass is 32.2. The molecule has 1 saturated heterocycles. The van der Waals surface area contributed by atoms with Crippen molar-refractivity contribution in [2.75, 3.05) is 11.5 Å². The van der Waals surface area contributed by atoms with Gasteiger partial charge in [0.2, 0.25) is 5.91 Å². The maximum atomic E-state index is 13.1. The first kappa shape index (κ1) is 20.3. The molecule has 2 atom stereocenters. The molecule has 1 amide bonds. The summed E-state index contributed by atoms with van der Waals surface area (Å²) in [6, 6.07) is 1.18. The Bertz CT molecular complexity index is 1060. The van der Waals surface area contributed by atoms with Gasteiger partial charge in [-0.3, -0.25) is 14.2 Å². The van der Waals surface area contributed by atoms with E-state index >= 15 is 0 Å². The lowest BCUT2D eigenvalue weighted by molar-refractivity contribution is -0.136. The van der Waals surface area contributed by atoms with Crippen LogP contribution in [-0.4, -0.2) is 51.9 Å². The second-order valence-electron chi connectivity index (χ2n) is 7.48. The summed E-state index contributed by atoms with van der Waals surface area (Å²) in [6.45, 7) is 3.63. The molecule has 152 valence electrons. The monoisotopic (exact) mass is 408 g/mol. The number of rotatable bonds is 5. The van der Waals surface area contributed by atoms with E-state index in [0.29, 0.717) is 37.9 Å². The van der Waals surface area contributed by atoms with Gasteiger partial charge < -0.3 is 4.90 Å². The van der Waals surface area contributed by atoms with Gasteiger partial charge in [0, 0.05) is 24.3 Å². The van der Waals surface area contributed by atoms with Gasteiger partial charge in [-0.15, -0.1) is 0 Å². The summed E-state index contributed by atoms with van der Waals surface area (Å²) < 4.78 is 26.0. The molecule has 28 heavy (non-hydrogen) atoms. The second kappa shape index (κ2) is 7.54. The minimum atomic E-state index is -3.19. The number of amides is 1. The van der Waals surface area contributed by atoms with Crippen molar-refractivity contribution in [1.29, 1.82) is 5.26 Å². The van der Waals surface area contributed by atoms with Crippen molar-refractivity contribution in [2.45, 2.75) is 64.7 Å². The molecule has 0 bridgehead atoms. The summed E-state index contributed by atoms with van der Waals surface area (Å²) in [4.78, 5) is 39.9. The highest BCUT2D eigenvalue weighted by Crippen LogP contribution is 2.22. The lowest BCUT2D eigenvalue weighted by Gasteiger charge is -2.33. The van der Waals surface area contributed by atoms with Crippen molar-refractivity contribution >= 4 is 15.7 Å². The van der Waals surface area contributed by atoms with Gasteiger partial charge in [0.05, 0.1) is 11.5 Å². The van der Waals surface area contributed by atoms with Crippen molar-refractivity contribution in [2.24, 2.45) is 0 Å². The van der Waals surface area contributed by atoms with E-state index in [4.69, 9.17) is 0 Å². The molecular weight excluding hydrogens is 384 g/mol. The average Bonchev–Trinajstić information content (AvgIpc) is 3.26. The summed E-state index contributed by atoms with van der Waals surface area (Å²) >= 11 is 0. The molecule has 3 heterocycles. The fraction of sp³-hybridized carbons (Fsp3) is 0.667. The largest absolute Gasteiger partial charge is 0.334 e. The van der Waals surface area contributed by atoms with Crippen LogP contribution in [0.1, 0.15) is 44.4 Å². The lowest BCUT2D eigenvalue weighted by Crippen LogP contribution is -2.51. The molecule has 0 unspecified atom stereocenters. The summed E-state index contributed by atoms with van der Waals surface area (Å²) in [5.41, 5.74) is -1.00. The Kier molecular flexibility index (Phi) is 5.48.